The van der Waals surface area contributed by atoms with E-state index < -0.39 is 0 Å². The number of hydrogen-bond donors (Lipinski definition) is 2. The Morgan fingerprint density at radius 1 is 1.28 bits per heavy atom. The number of rotatable bonds is 3. The maximum atomic E-state index is 13.3. The summed E-state index contributed by atoms with van der Waals surface area (Å²) in [6, 6.07) is 0. The van der Waals surface area contributed by atoms with E-state index in [4.69, 9.17) is 4.74 Å². The molecule has 4 nitrogen and oxygen atoms in total. The SMILES string of the molecule is CCOC(=O)C(=C1CC[C@H]2[C@@H]3CC=C4C=CCC[C@]4(C)[C@H]3[C@H](O)C[C@]12C)C1CCCNC1. The number of esters is 1. The number of aliphatic hydroxyl groups excluding tert-OH is 1. The predicted octanol–water partition coefficient (Wildman–Crippen LogP) is 4.95. The molecule has 32 heavy (non-hydrogen) atoms. The molecule has 1 saturated heterocycles. The molecule has 4 heteroatoms. The van der Waals surface area contributed by atoms with Crippen LogP contribution in [-0.4, -0.2) is 36.9 Å². The Balaban J connectivity index is 1.55. The monoisotopic (exact) mass is 439 g/mol. The Bertz CT molecular complexity index is 851. The van der Waals surface area contributed by atoms with E-state index in [0.29, 0.717) is 24.4 Å². The lowest BCUT2D eigenvalue weighted by molar-refractivity contribution is -0.139. The second kappa shape index (κ2) is 8.43. The van der Waals surface area contributed by atoms with E-state index in [0.717, 1.165) is 70.0 Å². The molecule has 1 aliphatic heterocycles. The van der Waals surface area contributed by atoms with Gasteiger partial charge in [-0.25, -0.2) is 4.79 Å². The molecule has 2 N–H and O–H groups in total. The summed E-state index contributed by atoms with van der Waals surface area (Å²) >= 11 is 0. The number of fused-ring (bicyclic) bond motifs is 5. The summed E-state index contributed by atoms with van der Waals surface area (Å²) in [5, 5.41) is 15.2. The molecule has 5 aliphatic rings. The second-order valence-electron chi connectivity index (χ2n) is 11.4. The average molecular weight is 440 g/mol. The highest BCUT2D eigenvalue weighted by atomic mass is 16.5. The van der Waals surface area contributed by atoms with Crippen molar-refractivity contribution >= 4 is 5.97 Å². The second-order valence-corrected chi connectivity index (χ2v) is 11.4. The fourth-order valence-corrected chi connectivity index (χ4v) is 8.53. The first-order valence-corrected chi connectivity index (χ1v) is 13.1. The Morgan fingerprint density at radius 2 is 2.12 bits per heavy atom. The van der Waals surface area contributed by atoms with Crippen LogP contribution in [0.2, 0.25) is 0 Å². The molecule has 0 bridgehead atoms. The van der Waals surface area contributed by atoms with Gasteiger partial charge in [0.05, 0.1) is 12.7 Å². The van der Waals surface area contributed by atoms with Crippen molar-refractivity contribution in [2.45, 2.75) is 78.2 Å². The molecule has 4 aliphatic carbocycles. The van der Waals surface area contributed by atoms with Gasteiger partial charge in [-0.3, -0.25) is 0 Å². The zero-order valence-electron chi connectivity index (χ0n) is 20.2. The number of aliphatic hydroxyl groups is 1. The standard InChI is InChI=1S/C28H41NO3/c1-4-32-26(31)24(18-8-7-15-29-17-18)22-13-12-21-20-11-10-19-9-5-6-14-27(19,2)25(20)23(30)16-28(21,22)3/h5,9-10,18,20-21,23,25,29-30H,4,6-8,11-17H2,1-3H3/t18?,20-,21-,23+,25+,27-,28-/m0/s1. The summed E-state index contributed by atoms with van der Waals surface area (Å²) in [7, 11) is 0. The third-order valence-electron chi connectivity index (χ3n) is 9.90. The molecule has 5 rings (SSSR count). The van der Waals surface area contributed by atoms with Crippen molar-refractivity contribution in [3.8, 4) is 0 Å². The van der Waals surface area contributed by atoms with Gasteiger partial charge in [0.25, 0.3) is 0 Å². The van der Waals surface area contributed by atoms with Crippen molar-refractivity contribution in [3.63, 3.8) is 0 Å². The fourth-order valence-electron chi connectivity index (χ4n) is 8.53. The Morgan fingerprint density at radius 3 is 2.88 bits per heavy atom. The first kappa shape index (κ1) is 22.4. The third-order valence-corrected chi connectivity index (χ3v) is 9.90. The Hall–Kier alpha value is -1.39. The van der Waals surface area contributed by atoms with Gasteiger partial charge in [-0.1, -0.05) is 37.6 Å². The van der Waals surface area contributed by atoms with Gasteiger partial charge in [-0.2, -0.15) is 0 Å². The summed E-state index contributed by atoms with van der Waals surface area (Å²) in [6.07, 6.45) is 15.1. The number of ether oxygens (including phenoxy) is 1. The van der Waals surface area contributed by atoms with Gasteiger partial charge < -0.3 is 15.2 Å². The van der Waals surface area contributed by atoms with Gasteiger partial charge >= 0.3 is 5.97 Å². The average Bonchev–Trinajstić information content (AvgIpc) is 3.10. The number of carbonyl (C=O) groups is 1. The Kier molecular flexibility index (Phi) is 5.90. The van der Waals surface area contributed by atoms with Gasteiger partial charge in [0.15, 0.2) is 0 Å². The predicted molar refractivity (Wildman–Crippen MR) is 127 cm³/mol. The molecule has 0 aromatic rings. The molecule has 0 radical (unpaired) electrons. The lowest BCUT2D eigenvalue weighted by Crippen LogP contribution is -2.54. The van der Waals surface area contributed by atoms with Crippen LogP contribution in [0.3, 0.4) is 0 Å². The lowest BCUT2D eigenvalue weighted by atomic mass is 9.47. The highest BCUT2D eigenvalue weighted by molar-refractivity contribution is 5.90. The number of nitrogens with one attached hydrogen (secondary N) is 1. The molecule has 1 heterocycles. The van der Waals surface area contributed by atoms with Crippen LogP contribution in [0.1, 0.15) is 72.1 Å². The highest BCUT2D eigenvalue weighted by Crippen LogP contribution is 2.66. The number of piperidine rings is 1. The van der Waals surface area contributed by atoms with Gasteiger partial charge in [-0.15, -0.1) is 0 Å². The lowest BCUT2D eigenvalue weighted by Gasteiger charge is -2.58. The van der Waals surface area contributed by atoms with Crippen LogP contribution in [0.25, 0.3) is 0 Å². The zero-order chi connectivity index (χ0) is 22.5. The third kappa shape index (κ3) is 3.36. The van der Waals surface area contributed by atoms with Crippen molar-refractivity contribution in [3.05, 3.63) is 34.9 Å². The smallest absolute Gasteiger partial charge is 0.334 e. The first-order valence-electron chi connectivity index (χ1n) is 13.1. The molecular formula is C28H41NO3. The van der Waals surface area contributed by atoms with Crippen LogP contribution in [0.15, 0.2) is 34.9 Å². The van der Waals surface area contributed by atoms with E-state index in [1.54, 1.807) is 0 Å². The summed E-state index contributed by atoms with van der Waals surface area (Å²) in [6.45, 7) is 8.97. The van der Waals surface area contributed by atoms with Crippen LogP contribution in [-0.2, 0) is 9.53 Å². The van der Waals surface area contributed by atoms with Crippen LogP contribution in [0, 0.1) is 34.5 Å². The maximum Gasteiger partial charge on any atom is 0.334 e. The van der Waals surface area contributed by atoms with Crippen LogP contribution >= 0.6 is 0 Å². The maximum absolute atomic E-state index is 13.3. The van der Waals surface area contributed by atoms with Gasteiger partial charge in [0.1, 0.15) is 0 Å². The summed E-state index contributed by atoms with van der Waals surface area (Å²) in [5.41, 5.74) is 3.69. The molecule has 0 aromatic carbocycles. The van der Waals surface area contributed by atoms with Gasteiger partial charge in [-0.05, 0) is 99.0 Å². The van der Waals surface area contributed by atoms with Crippen LogP contribution in [0.4, 0.5) is 0 Å². The van der Waals surface area contributed by atoms with Gasteiger partial charge in [0, 0.05) is 18.0 Å². The summed E-state index contributed by atoms with van der Waals surface area (Å²) < 4.78 is 5.61. The van der Waals surface area contributed by atoms with E-state index in [9.17, 15) is 9.90 Å². The molecule has 2 saturated carbocycles. The van der Waals surface area contributed by atoms with Crippen molar-refractivity contribution in [2.24, 2.45) is 34.5 Å². The topological polar surface area (TPSA) is 58.6 Å². The minimum atomic E-state index is -0.317. The minimum Gasteiger partial charge on any atom is -0.463 e. The van der Waals surface area contributed by atoms with Crippen molar-refractivity contribution in [2.75, 3.05) is 19.7 Å². The van der Waals surface area contributed by atoms with Gasteiger partial charge in [0.2, 0.25) is 0 Å². The van der Waals surface area contributed by atoms with E-state index in [-0.39, 0.29) is 28.8 Å². The number of hydrogen-bond acceptors (Lipinski definition) is 4. The summed E-state index contributed by atoms with van der Waals surface area (Å²) in [4.78, 5) is 13.3. The molecule has 0 amide bonds. The molecule has 3 fully saturated rings. The van der Waals surface area contributed by atoms with Crippen molar-refractivity contribution < 1.29 is 14.6 Å². The van der Waals surface area contributed by atoms with E-state index in [2.05, 4.69) is 37.4 Å². The fraction of sp³-hybridized carbons (Fsp3) is 0.750. The largest absolute Gasteiger partial charge is 0.463 e. The van der Waals surface area contributed by atoms with E-state index >= 15 is 0 Å². The van der Waals surface area contributed by atoms with Crippen LogP contribution < -0.4 is 5.32 Å². The molecule has 7 atom stereocenters. The molecular weight excluding hydrogens is 398 g/mol. The normalized spacial score (nSPS) is 44.8. The molecule has 0 aromatic heterocycles. The zero-order valence-corrected chi connectivity index (χ0v) is 20.2. The van der Waals surface area contributed by atoms with E-state index in [1.807, 2.05) is 6.92 Å². The molecule has 1 unspecified atom stereocenters. The van der Waals surface area contributed by atoms with Crippen LogP contribution in [0.5, 0.6) is 0 Å². The quantitative estimate of drug-likeness (QED) is 0.483. The van der Waals surface area contributed by atoms with Crippen molar-refractivity contribution in [1.82, 2.24) is 5.32 Å². The number of carbonyl (C=O) groups excluding carboxylic acids is 1. The van der Waals surface area contributed by atoms with E-state index in [1.165, 1.54) is 11.1 Å². The summed E-state index contributed by atoms with van der Waals surface area (Å²) in [5.74, 6) is 1.49. The molecule has 0 spiro atoms. The highest BCUT2D eigenvalue weighted by Gasteiger charge is 2.60. The minimum absolute atomic E-state index is 0.0855. The van der Waals surface area contributed by atoms with Crippen molar-refractivity contribution in [1.29, 1.82) is 0 Å². The Labute approximate surface area is 193 Å². The number of allylic oxidation sites excluding steroid dienone is 5. The first-order chi connectivity index (χ1) is 15.4. The molecule has 176 valence electrons.